The number of fused-ring (bicyclic) bond motifs is 1. The van der Waals surface area contributed by atoms with Gasteiger partial charge in [0.25, 0.3) is 0 Å². The summed E-state index contributed by atoms with van der Waals surface area (Å²) in [7, 11) is 0. The van der Waals surface area contributed by atoms with E-state index in [-0.39, 0.29) is 5.91 Å². The Labute approximate surface area is 161 Å². The third-order valence-electron chi connectivity index (χ3n) is 4.57. The summed E-state index contributed by atoms with van der Waals surface area (Å²) in [5, 5.41) is 0. The van der Waals surface area contributed by atoms with Crippen LogP contribution in [0.5, 0.6) is 0 Å². The fourth-order valence-electron chi connectivity index (χ4n) is 3.15. The first-order chi connectivity index (χ1) is 12.8. The third kappa shape index (κ3) is 4.02. The monoisotopic (exact) mass is 383 g/mol. The molecule has 0 saturated carbocycles. The van der Waals surface area contributed by atoms with Crippen LogP contribution in [-0.4, -0.2) is 47.7 Å². The maximum Gasteiger partial charge on any atom is 0.223 e. The molecule has 1 amide bonds. The van der Waals surface area contributed by atoms with Crippen LogP contribution >= 0.6 is 23.1 Å². The summed E-state index contributed by atoms with van der Waals surface area (Å²) >= 11 is 3.39. The van der Waals surface area contributed by atoms with Crippen LogP contribution in [0.25, 0.3) is 10.2 Å². The largest absolute Gasteiger partial charge is 0.368 e. The molecule has 4 rings (SSSR count). The summed E-state index contributed by atoms with van der Waals surface area (Å²) in [4.78, 5) is 21.4. The summed E-state index contributed by atoms with van der Waals surface area (Å²) in [6, 6.07) is 18.6. The zero-order valence-electron chi connectivity index (χ0n) is 14.5. The van der Waals surface area contributed by atoms with Gasteiger partial charge in [0.2, 0.25) is 5.91 Å². The fourth-order valence-corrected chi connectivity index (χ4v) is 5.22. The Kier molecular flexibility index (Phi) is 5.41. The Balaban J connectivity index is 1.24. The van der Waals surface area contributed by atoms with Crippen LogP contribution in [0.3, 0.4) is 0 Å². The first-order valence-corrected chi connectivity index (χ1v) is 10.7. The molecule has 2 heterocycles. The lowest BCUT2D eigenvalue weighted by atomic mass is 10.2. The Morgan fingerprint density at radius 3 is 2.50 bits per heavy atom. The van der Waals surface area contributed by atoms with Crippen molar-refractivity contribution in [2.75, 3.05) is 36.8 Å². The Hall–Kier alpha value is -2.05. The van der Waals surface area contributed by atoms with Crippen LogP contribution in [0.15, 0.2) is 58.9 Å². The number of anilines is 1. The van der Waals surface area contributed by atoms with Crippen molar-refractivity contribution in [3.8, 4) is 0 Å². The molecule has 1 saturated heterocycles. The van der Waals surface area contributed by atoms with E-state index in [0.29, 0.717) is 6.42 Å². The standard InChI is InChI=1S/C20H21N3OS2/c24-19(10-15-25-20-21-17-8-4-5-9-18(17)26-20)23-13-11-22(12-14-23)16-6-2-1-3-7-16/h1-9H,10-15H2. The van der Waals surface area contributed by atoms with E-state index in [4.69, 9.17) is 0 Å². The molecule has 1 aromatic heterocycles. The quantitative estimate of drug-likeness (QED) is 0.621. The maximum atomic E-state index is 12.5. The molecule has 26 heavy (non-hydrogen) atoms. The van der Waals surface area contributed by atoms with Crippen molar-refractivity contribution >= 4 is 44.9 Å². The number of thiazole rings is 1. The molecule has 0 bridgehead atoms. The van der Waals surface area contributed by atoms with Crippen LogP contribution in [0.4, 0.5) is 5.69 Å². The number of benzene rings is 2. The van der Waals surface area contributed by atoms with Gasteiger partial charge >= 0.3 is 0 Å². The summed E-state index contributed by atoms with van der Waals surface area (Å²) in [5.74, 6) is 1.05. The SMILES string of the molecule is O=C(CCSc1nc2ccccc2s1)N1CCN(c2ccccc2)CC1. The number of carbonyl (C=O) groups is 1. The smallest absolute Gasteiger partial charge is 0.223 e. The number of piperazine rings is 1. The molecule has 0 radical (unpaired) electrons. The lowest BCUT2D eigenvalue weighted by Gasteiger charge is -2.36. The van der Waals surface area contributed by atoms with Gasteiger partial charge in [0.15, 0.2) is 4.34 Å². The van der Waals surface area contributed by atoms with Gasteiger partial charge < -0.3 is 9.80 Å². The van der Waals surface area contributed by atoms with E-state index < -0.39 is 0 Å². The number of hydrogen-bond donors (Lipinski definition) is 0. The number of hydrogen-bond acceptors (Lipinski definition) is 5. The minimum atomic E-state index is 0.256. The second-order valence-electron chi connectivity index (χ2n) is 6.25. The number of nitrogens with zero attached hydrogens (tertiary/aromatic N) is 3. The highest BCUT2D eigenvalue weighted by atomic mass is 32.2. The lowest BCUT2D eigenvalue weighted by Crippen LogP contribution is -2.48. The predicted molar refractivity (Wildman–Crippen MR) is 110 cm³/mol. The molecule has 6 heteroatoms. The molecule has 4 nitrogen and oxygen atoms in total. The van der Waals surface area contributed by atoms with Gasteiger partial charge in [-0.15, -0.1) is 11.3 Å². The molecule has 0 aliphatic carbocycles. The normalized spacial score (nSPS) is 14.8. The van der Waals surface area contributed by atoms with Crippen molar-refractivity contribution in [2.24, 2.45) is 0 Å². The predicted octanol–water partition coefficient (Wildman–Crippen LogP) is 4.13. The number of amides is 1. The summed E-state index contributed by atoms with van der Waals surface area (Å²) in [6.07, 6.45) is 0.575. The van der Waals surface area contributed by atoms with Crippen molar-refractivity contribution < 1.29 is 4.79 Å². The van der Waals surface area contributed by atoms with E-state index in [9.17, 15) is 4.79 Å². The van der Waals surface area contributed by atoms with Crippen LogP contribution in [0.2, 0.25) is 0 Å². The van der Waals surface area contributed by atoms with Gasteiger partial charge in [-0.1, -0.05) is 42.1 Å². The van der Waals surface area contributed by atoms with Gasteiger partial charge in [-0.3, -0.25) is 4.79 Å². The van der Waals surface area contributed by atoms with Gasteiger partial charge in [-0.05, 0) is 24.3 Å². The van der Waals surface area contributed by atoms with E-state index in [2.05, 4.69) is 40.2 Å². The second-order valence-corrected chi connectivity index (χ2v) is 8.62. The summed E-state index contributed by atoms with van der Waals surface area (Å²) in [6.45, 7) is 3.42. The first-order valence-electron chi connectivity index (χ1n) is 8.86. The maximum absolute atomic E-state index is 12.5. The van der Waals surface area contributed by atoms with E-state index >= 15 is 0 Å². The molecule has 2 aromatic carbocycles. The van der Waals surface area contributed by atoms with Gasteiger partial charge in [0.05, 0.1) is 10.2 Å². The molecular formula is C20H21N3OS2. The van der Waals surface area contributed by atoms with E-state index in [0.717, 1.165) is 41.8 Å². The number of aromatic nitrogens is 1. The zero-order chi connectivity index (χ0) is 17.8. The molecule has 134 valence electrons. The van der Waals surface area contributed by atoms with Crippen molar-refractivity contribution in [2.45, 2.75) is 10.8 Å². The Morgan fingerprint density at radius 1 is 1.00 bits per heavy atom. The molecule has 0 spiro atoms. The Bertz CT molecular complexity index is 840. The topological polar surface area (TPSA) is 36.4 Å². The minimum absolute atomic E-state index is 0.256. The molecule has 1 fully saturated rings. The molecule has 1 aliphatic heterocycles. The van der Waals surface area contributed by atoms with Crippen LogP contribution < -0.4 is 4.90 Å². The second kappa shape index (κ2) is 8.10. The molecule has 3 aromatic rings. The average molecular weight is 384 g/mol. The van der Waals surface area contributed by atoms with Crippen molar-refractivity contribution in [1.29, 1.82) is 0 Å². The fraction of sp³-hybridized carbons (Fsp3) is 0.300. The molecular weight excluding hydrogens is 362 g/mol. The van der Waals surface area contributed by atoms with Crippen LogP contribution in [0.1, 0.15) is 6.42 Å². The number of thioether (sulfide) groups is 1. The summed E-state index contributed by atoms with van der Waals surface area (Å²) in [5.41, 5.74) is 2.29. The van der Waals surface area contributed by atoms with E-state index in [1.54, 1.807) is 23.1 Å². The van der Waals surface area contributed by atoms with Gasteiger partial charge in [-0.25, -0.2) is 4.98 Å². The zero-order valence-corrected chi connectivity index (χ0v) is 16.1. The van der Waals surface area contributed by atoms with Crippen LogP contribution in [0, 0.1) is 0 Å². The minimum Gasteiger partial charge on any atom is -0.368 e. The molecule has 0 unspecified atom stereocenters. The average Bonchev–Trinajstić information content (AvgIpc) is 3.11. The number of carbonyl (C=O) groups excluding carboxylic acids is 1. The number of para-hydroxylation sites is 2. The van der Waals surface area contributed by atoms with Crippen LogP contribution in [-0.2, 0) is 4.79 Å². The highest BCUT2D eigenvalue weighted by molar-refractivity contribution is 8.01. The van der Waals surface area contributed by atoms with Gasteiger partial charge in [-0.2, -0.15) is 0 Å². The highest BCUT2D eigenvalue weighted by Gasteiger charge is 2.21. The number of rotatable bonds is 5. The first kappa shape index (κ1) is 17.4. The van der Waals surface area contributed by atoms with Gasteiger partial charge in [0, 0.05) is 44.0 Å². The molecule has 0 N–H and O–H groups in total. The van der Waals surface area contributed by atoms with Gasteiger partial charge in [0.1, 0.15) is 0 Å². The van der Waals surface area contributed by atoms with E-state index in [1.807, 2.05) is 29.2 Å². The molecule has 1 aliphatic rings. The molecule has 0 atom stereocenters. The van der Waals surface area contributed by atoms with Crippen molar-refractivity contribution in [3.63, 3.8) is 0 Å². The summed E-state index contributed by atoms with van der Waals surface area (Å²) < 4.78 is 2.26. The lowest BCUT2D eigenvalue weighted by molar-refractivity contribution is -0.131. The van der Waals surface area contributed by atoms with Crippen molar-refractivity contribution in [3.05, 3.63) is 54.6 Å². The third-order valence-corrected chi connectivity index (χ3v) is 6.75. The Morgan fingerprint density at radius 2 is 1.73 bits per heavy atom. The highest BCUT2D eigenvalue weighted by Crippen LogP contribution is 2.29. The van der Waals surface area contributed by atoms with Crippen molar-refractivity contribution in [1.82, 2.24) is 9.88 Å². The van der Waals surface area contributed by atoms with E-state index in [1.165, 1.54) is 10.4 Å².